The second-order valence-electron chi connectivity index (χ2n) is 6.45. The van der Waals surface area contributed by atoms with Gasteiger partial charge in [0.05, 0.1) is 26.2 Å². The van der Waals surface area contributed by atoms with Crippen molar-refractivity contribution in [3.63, 3.8) is 0 Å². The maximum absolute atomic E-state index is 12.4. The van der Waals surface area contributed by atoms with Crippen LogP contribution >= 0.6 is 0 Å². The quantitative estimate of drug-likeness (QED) is 0.643. The largest absolute Gasteiger partial charge is 0.352 e. The van der Waals surface area contributed by atoms with Crippen molar-refractivity contribution in [2.75, 3.05) is 49.5 Å². The van der Waals surface area contributed by atoms with Crippen molar-refractivity contribution in [1.82, 2.24) is 15.3 Å². The first-order valence-electron chi connectivity index (χ1n) is 9.19. The Morgan fingerprint density at radius 3 is 2.59 bits per heavy atom. The number of quaternary nitrogens is 1. The molecular formula is C19H25N6O2+. The van der Waals surface area contributed by atoms with Crippen molar-refractivity contribution in [1.29, 1.82) is 0 Å². The summed E-state index contributed by atoms with van der Waals surface area (Å²) < 4.78 is 0. The van der Waals surface area contributed by atoms with Crippen LogP contribution in [-0.2, 0) is 4.79 Å². The first-order chi connectivity index (χ1) is 13.2. The van der Waals surface area contributed by atoms with Crippen LogP contribution in [0.25, 0.3) is 0 Å². The van der Waals surface area contributed by atoms with Crippen LogP contribution in [0.3, 0.4) is 0 Å². The summed E-state index contributed by atoms with van der Waals surface area (Å²) in [5.41, 5.74) is 1.18. The standard InChI is InChI=1S/C19H24N6O2/c1-2-20-18(27)15-5-3-6-16(13-15)23-17(26)14-24-9-11-25(12-10-24)19-21-7-4-8-22-19/h3-8,13H,2,9-12,14H2,1H3,(H,20,27)(H,23,26)/p+1. The molecule has 0 bridgehead atoms. The minimum absolute atomic E-state index is 0.0533. The van der Waals surface area contributed by atoms with Gasteiger partial charge in [0.15, 0.2) is 6.54 Å². The minimum Gasteiger partial charge on any atom is -0.352 e. The SMILES string of the molecule is CCNC(=O)c1cccc(NC(=O)C[NH+]2CCN(c3ncccn3)CC2)c1. The number of benzene rings is 1. The molecule has 1 aliphatic heterocycles. The topological polar surface area (TPSA) is 91.7 Å². The molecule has 27 heavy (non-hydrogen) atoms. The third-order valence-electron chi connectivity index (χ3n) is 4.46. The summed E-state index contributed by atoms with van der Waals surface area (Å²) in [7, 11) is 0. The molecular weight excluding hydrogens is 344 g/mol. The third kappa shape index (κ3) is 5.24. The van der Waals surface area contributed by atoms with Crippen LogP contribution in [0.1, 0.15) is 17.3 Å². The lowest BCUT2D eigenvalue weighted by Crippen LogP contribution is -3.15. The van der Waals surface area contributed by atoms with Gasteiger partial charge < -0.3 is 20.4 Å². The minimum atomic E-state index is -0.140. The van der Waals surface area contributed by atoms with Crippen LogP contribution in [0.2, 0.25) is 0 Å². The van der Waals surface area contributed by atoms with E-state index in [4.69, 9.17) is 0 Å². The van der Waals surface area contributed by atoms with E-state index >= 15 is 0 Å². The van der Waals surface area contributed by atoms with Crippen LogP contribution in [0, 0.1) is 0 Å². The first-order valence-corrected chi connectivity index (χ1v) is 9.19. The Kier molecular flexibility index (Phi) is 6.32. The van der Waals surface area contributed by atoms with Crippen LogP contribution in [0.4, 0.5) is 11.6 Å². The zero-order valence-corrected chi connectivity index (χ0v) is 15.4. The monoisotopic (exact) mass is 369 g/mol. The Balaban J connectivity index is 1.49. The van der Waals surface area contributed by atoms with Crippen LogP contribution in [0.5, 0.6) is 0 Å². The van der Waals surface area contributed by atoms with Gasteiger partial charge in [-0.2, -0.15) is 0 Å². The number of aromatic nitrogens is 2. The van der Waals surface area contributed by atoms with Gasteiger partial charge in [-0.05, 0) is 31.2 Å². The fraction of sp³-hybridized carbons (Fsp3) is 0.368. The summed E-state index contributed by atoms with van der Waals surface area (Å²) in [6.07, 6.45) is 3.48. The summed E-state index contributed by atoms with van der Waals surface area (Å²) in [5.74, 6) is 0.545. The second kappa shape index (κ2) is 9.09. The molecule has 0 atom stereocenters. The van der Waals surface area contributed by atoms with Gasteiger partial charge >= 0.3 is 0 Å². The Bertz CT molecular complexity index is 775. The van der Waals surface area contributed by atoms with Crippen molar-refractivity contribution in [3.8, 4) is 0 Å². The van der Waals surface area contributed by atoms with Crippen molar-refractivity contribution in [2.45, 2.75) is 6.92 Å². The van der Waals surface area contributed by atoms with Crippen LogP contribution in [0.15, 0.2) is 42.7 Å². The summed E-state index contributed by atoms with van der Waals surface area (Å²) >= 11 is 0. The summed E-state index contributed by atoms with van der Waals surface area (Å²) in [6.45, 7) is 6.18. The van der Waals surface area contributed by atoms with E-state index in [2.05, 4.69) is 25.5 Å². The van der Waals surface area contributed by atoms with Crippen LogP contribution in [-0.4, -0.2) is 61.1 Å². The molecule has 2 amide bonds. The Morgan fingerprint density at radius 2 is 1.89 bits per heavy atom. The van der Waals surface area contributed by atoms with Crippen molar-refractivity contribution >= 4 is 23.5 Å². The van der Waals surface area contributed by atoms with Gasteiger partial charge in [-0.15, -0.1) is 0 Å². The highest BCUT2D eigenvalue weighted by Gasteiger charge is 2.23. The summed E-state index contributed by atoms with van der Waals surface area (Å²) in [4.78, 5) is 36.2. The molecule has 2 heterocycles. The maximum atomic E-state index is 12.4. The zero-order valence-electron chi connectivity index (χ0n) is 15.4. The highest BCUT2D eigenvalue weighted by atomic mass is 16.2. The van der Waals surface area contributed by atoms with E-state index in [1.807, 2.05) is 6.92 Å². The van der Waals surface area contributed by atoms with E-state index in [0.717, 1.165) is 32.1 Å². The molecule has 0 aliphatic carbocycles. The summed E-state index contributed by atoms with van der Waals surface area (Å²) in [5, 5.41) is 5.65. The highest BCUT2D eigenvalue weighted by Crippen LogP contribution is 2.10. The van der Waals surface area contributed by atoms with Crippen LogP contribution < -0.4 is 20.4 Å². The average Bonchev–Trinajstić information content (AvgIpc) is 2.69. The number of piperazine rings is 1. The van der Waals surface area contributed by atoms with Crippen molar-refractivity contribution < 1.29 is 14.5 Å². The molecule has 1 aromatic carbocycles. The molecule has 8 heteroatoms. The number of nitrogens with one attached hydrogen (secondary N) is 3. The molecule has 0 radical (unpaired) electrons. The lowest BCUT2D eigenvalue weighted by atomic mass is 10.2. The van der Waals surface area contributed by atoms with E-state index in [0.29, 0.717) is 24.3 Å². The second-order valence-corrected chi connectivity index (χ2v) is 6.45. The Morgan fingerprint density at radius 1 is 1.15 bits per heavy atom. The molecule has 0 saturated carbocycles. The number of hydrogen-bond donors (Lipinski definition) is 3. The number of nitrogens with zero attached hydrogens (tertiary/aromatic N) is 3. The maximum Gasteiger partial charge on any atom is 0.279 e. The predicted octanol–water partition coefficient (Wildman–Crippen LogP) is -0.430. The third-order valence-corrected chi connectivity index (χ3v) is 4.46. The summed E-state index contributed by atoms with van der Waals surface area (Å²) in [6, 6.07) is 8.79. The van der Waals surface area contributed by atoms with Gasteiger partial charge in [0.2, 0.25) is 5.95 Å². The molecule has 1 aliphatic rings. The predicted molar refractivity (Wildman–Crippen MR) is 103 cm³/mol. The van der Waals surface area contributed by atoms with Gasteiger partial charge in [-0.25, -0.2) is 9.97 Å². The van der Waals surface area contributed by atoms with Crippen molar-refractivity contribution in [3.05, 3.63) is 48.3 Å². The normalized spacial score (nSPS) is 14.6. The molecule has 1 aromatic heterocycles. The van der Waals surface area contributed by atoms with Gasteiger partial charge in [0.1, 0.15) is 0 Å². The molecule has 1 saturated heterocycles. The van der Waals surface area contributed by atoms with Gasteiger partial charge in [0.25, 0.3) is 11.8 Å². The lowest BCUT2D eigenvalue weighted by molar-refractivity contribution is -0.892. The fourth-order valence-electron chi connectivity index (χ4n) is 3.09. The fourth-order valence-corrected chi connectivity index (χ4v) is 3.09. The van der Waals surface area contributed by atoms with E-state index in [1.165, 1.54) is 4.90 Å². The number of carbonyl (C=O) groups excluding carboxylic acids is 2. The smallest absolute Gasteiger partial charge is 0.279 e. The number of anilines is 2. The Labute approximate surface area is 158 Å². The lowest BCUT2D eigenvalue weighted by Gasteiger charge is -2.31. The van der Waals surface area contributed by atoms with E-state index < -0.39 is 0 Å². The zero-order chi connectivity index (χ0) is 19.1. The van der Waals surface area contributed by atoms with E-state index in [1.54, 1.807) is 42.7 Å². The van der Waals surface area contributed by atoms with E-state index in [9.17, 15) is 9.59 Å². The molecule has 3 N–H and O–H groups in total. The molecule has 0 unspecified atom stereocenters. The average molecular weight is 369 g/mol. The first kappa shape index (κ1) is 18.8. The number of amides is 2. The number of carbonyl (C=O) groups is 2. The molecule has 2 aromatic rings. The van der Waals surface area contributed by atoms with Gasteiger partial charge in [0, 0.05) is 30.2 Å². The van der Waals surface area contributed by atoms with Gasteiger partial charge in [-0.1, -0.05) is 6.07 Å². The molecule has 0 spiro atoms. The number of rotatable bonds is 6. The van der Waals surface area contributed by atoms with Crippen molar-refractivity contribution in [2.24, 2.45) is 0 Å². The number of hydrogen-bond acceptors (Lipinski definition) is 5. The van der Waals surface area contributed by atoms with Gasteiger partial charge in [-0.3, -0.25) is 9.59 Å². The highest BCUT2D eigenvalue weighted by molar-refractivity contribution is 5.97. The molecule has 142 valence electrons. The molecule has 1 fully saturated rings. The Hall–Kier alpha value is -3.00. The molecule has 8 nitrogen and oxygen atoms in total. The molecule has 3 rings (SSSR count). The van der Waals surface area contributed by atoms with E-state index in [-0.39, 0.29) is 11.8 Å².